The molecule has 0 bridgehead atoms. The van der Waals surface area contributed by atoms with E-state index < -0.39 is 4.92 Å². The van der Waals surface area contributed by atoms with E-state index in [1.54, 1.807) is 12.1 Å². The van der Waals surface area contributed by atoms with Gasteiger partial charge in [-0.1, -0.05) is 0 Å². The van der Waals surface area contributed by atoms with E-state index in [1.807, 2.05) is 4.90 Å². The van der Waals surface area contributed by atoms with E-state index in [2.05, 4.69) is 16.0 Å². The van der Waals surface area contributed by atoms with Crippen LogP contribution in [0.1, 0.15) is 24.8 Å². The Hall–Kier alpha value is -3.21. The Morgan fingerprint density at radius 3 is 2.74 bits per heavy atom. The van der Waals surface area contributed by atoms with Crippen LogP contribution in [0.5, 0.6) is 0 Å². The van der Waals surface area contributed by atoms with Crippen molar-refractivity contribution in [1.29, 1.82) is 5.26 Å². The summed E-state index contributed by atoms with van der Waals surface area (Å²) in [5.74, 6) is 1.15. The van der Waals surface area contributed by atoms with Gasteiger partial charge in [0.2, 0.25) is 5.91 Å². The summed E-state index contributed by atoms with van der Waals surface area (Å²) in [5, 5.41) is 21.0. The Morgan fingerprint density at radius 2 is 2.04 bits per heavy atom. The molecule has 2 aromatic rings. The molecule has 1 saturated carbocycles. The summed E-state index contributed by atoms with van der Waals surface area (Å²) in [6.45, 7) is 2.81. The van der Waals surface area contributed by atoms with Gasteiger partial charge in [-0.25, -0.2) is 4.98 Å². The third kappa shape index (κ3) is 3.40. The van der Waals surface area contributed by atoms with Crippen LogP contribution < -0.4 is 4.90 Å². The molecule has 2 fully saturated rings. The second kappa shape index (κ2) is 6.83. The van der Waals surface area contributed by atoms with E-state index in [0.29, 0.717) is 35.4 Å². The number of nitrogens with zero attached hydrogens (tertiary/aromatic N) is 5. The second-order valence-corrected chi connectivity index (χ2v) is 7.04. The number of benzene rings is 1. The summed E-state index contributed by atoms with van der Waals surface area (Å²) in [5.41, 5.74) is 0.872. The quantitative estimate of drug-likeness (QED) is 0.611. The monoisotopic (exact) mass is 365 g/mol. The van der Waals surface area contributed by atoms with Crippen molar-refractivity contribution in [2.75, 3.05) is 31.1 Å². The molecule has 0 atom stereocenters. The molecule has 8 heteroatoms. The van der Waals surface area contributed by atoms with Gasteiger partial charge in [-0.2, -0.15) is 5.26 Å². The Bertz CT molecular complexity index is 964. The molecule has 1 saturated heterocycles. The van der Waals surface area contributed by atoms with Gasteiger partial charge in [0, 0.05) is 49.6 Å². The summed E-state index contributed by atoms with van der Waals surface area (Å²) >= 11 is 0. The molecule has 27 heavy (non-hydrogen) atoms. The van der Waals surface area contributed by atoms with Gasteiger partial charge in [-0.3, -0.25) is 14.9 Å². The van der Waals surface area contributed by atoms with Crippen molar-refractivity contribution in [1.82, 2.24) is 9.88 Å². The van der Waals surface area contributed by atoms with E-state index in [-0.39, 0.29) is 17.5 Å². The third-order valence-corrected chi connectivity index (χ3v) is 5.17. The highest BCUT2D eigenvalue weighted by Gasteiger charge is 2.34. The van der Waals surface area contributed by atoms with Crippen LogP contribution >= 0.6 is 0 Å². The Kier molecular flexibility index (Phi) is 4.36. The number of pyridine rings is 1. The second-order valence-electron chi connectivity index (χ2n) is 7.04. The molecule has 2 heterocycles. The lowest BCUT2D eigenvalue weighted by Crippen LogP contribution is -2.36. The number of anilines is 1. The highest BCUT2D eigenvalue weighted by atomic mass is 16.6. The number of hydrogen-bond acceptors (Lipinski definition) is 6. The van der Waals surface area contributed by atoms with Gasteiger partial charge in [0.15, 0.2) is 0 Å². The van der Waals surface area contributed by atoms with Crippen molar-refractivity contribution in [3.8, 4) is 6.07 Å². The normalized spacial score (nSPS) is 17.4. The van der Waals surface area contributed by atoms with Crippen LogP contribution in [0.4, 0.5) is 11.5 Å². The largest absolute Gasteiger partial charge is 0.355 e. The fraction of sp³-hybridized carbons (Fsp3) is 0.421. The van der Waals surface area contributed by atoms with Gasteiger partial charge in [-0.15, -0.1) is 0 Å². The lowest BCUT2D eigenvalue weighted by molar-refractivity contribution is -0.384. The van der Waals surface area contributed by atoms with Crippen LogP contribution in [0.2, 0.25) is 0 Å². The lowest BCUT2D eigenvalue weighted by Gasteiger charge is -2.23. The summed E-state index contributed by atoms with van der Waals surface area (Å²) in [7, 11) is 0. The average Bonchev–Trinajstić information content (AvgIpc) is 3.52. The van der Waals surface area contributed by atoms with Crippen molar-refractivity contribution >= 4 is 28.3 Å². The SMILES string of the molecule is N#Cc1cc(N2CCCN(C(=O)C3CC3)CC2)nc2ccc([N+](=O)[O-])cc12. The van der Waals surface area contributed by atoms with Gasteiger partial charge in [0.25, 0.3) is 5.69 Å². The Morgan fingerprint density at radius 1 is 1.22 bits per heavy atom. The van der Waals surface area contributed by atoms with E-state index in [9.17, 15) is 20.2 Å². The molecule has 1 aliphatic carbocycles. The molecular formula is C19H19N5O3. The molecule has 8 nitrogen and oxygen atoms in total. The maximum absolute atomic E-state index is 12.3. The minimum absolute atomic E-state index is 0.0578. The number of nitro groups is 1. The van der Waals surface area contributed by atoms with Crippen molar-refractivity contribution in [3.63, 3.8) is 0 Å². The molecule has 1 aromatic carbocycles. The number of amides is 1. The molecule has 0 radical (unpaired) electrons. The first-order chi connectivity index (χ1) is 13.1. The highest BCUT2D eigenvalue weighted by molar-refractivity contribution is 5.88. The number of fused-ring (bicyclic) bond motifs is 1. The zero-order valence-corrected chi connectivity index (χ0v) is 14.8. The van der Waals surface area contributed by atoms with Gasteiger partial charge in [0.1, 0.15) is 5.82 Å². The fourth-order valence-corrected chi connectivity index (χ4v) is 3.52. The molecule has 0 N–H and O–H groups in total. The predicted octanol–water partition coefficient (Wildman–Crippen LogP) is 2.46. The maximum Gasteiger partial charge on any atom is 0.270 e. The van der Waals surface area contributed by atoms with E-state index in [0.717, 1.165) is 32.4 Å². The molecule has 0 unspecified atom stereocenters. The molecule has 138 valence electrons. The zero-order chi connectivity index (χ0) is 19.0. The number of rotatable bonds is 3. The molecule has 4 rings (SSSR count). The predicted molar refractivity (Wildman–Crippen MR) is 99.2 cm³/mol. The zero-order valence-electron chi connectivity index (χ0n) is 14.8. The van der Waals surface area contributed by atoms with E-state index in [1.165, 1.54) is 12.1 Å². The topological polar surface area (TPSA) is 103 Å². The number of carbonyl (C=O) groups excluding carboxylic acids is 1. The van der Waals surface area contributed by atoms with Crippen LogP contribution in [-0.2, 0) is 4.79 Å². The molecule has 1 aromatic heterocycles. The van der Waals surface area contributed by atoms with Crippen LogP contribution in [0.15, 0.2) is 24.3 Å². The van der Waals surface area contributed by atoms with Gasteiger partial charge in [0.05, 0.1) is 22.1 Å². The number of carbonyl (C=O) groups is 1. The standard InChI is InChI=1S/C19H19N5O3/c20-12-14-10-18(21-17-5-4-15(24(26)27)11-16(14)17)22-6-1-7-23(9-8-22)19(25)13-2-3-13/h4-5,10-11,13H,1-3,6-9H2. The smallest absolute Gasteiger partial charge is 0.270 e. The highest BCUT2D eigenvalue weighted by Crippen LogP contribution is 2.32. The van der Waals surface area contributed by atoms with E-state index in [4.69, 9.17) is 0 Å². The summed E-state index contributed by atoms with van der Waals surface area (Å²) in [6, 6.07) is 8.19. The molecule has 1 amide bonds. The number of nitriles is 1. The lowest BCUT2D eigenvalue weighted by atomic mass is 10.1. The fourth-order valence-electron chi connectivity index (χ4n) is 3.52. The Balaban J connectivity index is 1.61. The first-order valence-electron chi connectivity index (χ1n) is 9.10. The third-order valence-electron chi connectivity index (χ3n) is 5.17. The minimum atomic E-state index is -0.477. The summed E-state index contributed by atoms with van der Waals surface area (Å²) in [6.07, 6.45) is 2.85. The number of non-ortho nitro benzene ring substituents is 1. The van der Waals surface area contributed by atoms with Gasteiger partial charge in [-0.05, 0) is 31.4 Å². The van der Waals surface area contributed by atoms with Crippen molar-refractivity contribution in [2.24, 2.45) is 5.92 Å². The number of hydrogen-bond donors (Lipinski definition) is 0. The molecule has 0 spiro atoms. The van der Waals surface area contributed by atoms with Crippen molar-refractivity contribution in [2.45, 2.75) is 19.3 Å². The summed E-state index contributed by atoms with van der Waals surface area (Å²) in [4.78, 5) is 31.5. The first-order valence-corrected chi connectivity index (χ1v) is 9.10. The number of aromatic nitrogens is 1. The maximum atomic E-state index is 12.3. The van der Waals surface area contributed by atoms with Crippen molar-refractivity contribution in [3.05, 3.63) is 39.9 Å². The molecule has 1 aliphatic heterocycles. The van der Waals surface area contributed by atoms with Crippen LogP contribution in [0.25, 0.3) is 10.9 Å². The molecular weight excluding hydrogens is 346 g/mol. The summed E-state index contributed by atoms with van der Waals surface area (Å²) < 4.78 is 0. The Labute approximate surface area is 156 Å². The average molecular weight is 365 g/mol. The van der Waals surface area contributed by atoms with Gasteiger partial charge >= 0.3 is 0 Å². The van der Waals surface area contributed by atoms with Crippen LogP contribution in [0, 0.1) is 27.4 Å². The first kappa shape index (κ1) is 17.2. The number of nitro benzene ring substituents is 1. The van der Waals surface area contributed by atoms with Gasteiger partial charge < -0.3 is 9.80 Å². The van der Waals surface area contributed by atoms with E-state index >= 15 is 0 Å². The minimum Gasteiger partial charge on any atom is -0.355 e. The van der Waals surface area contributed by atoms with Crippen LogP contribution in [0.3, 0.4) is 0 Å². The molecule has 2 aliphatic rings. The van der Waals surface area contributed by atoms with Crippen molar-refractivity contribution < 1.29 is 9.72 Å². The van der Waals surface area contributed by atoms with Crippen LogP contribution in [-0.4, -0.2) is 46.9 Å².